The molecule has 1 rings (SSSR count). The molecule has 0 radical (unpaired) electrons. The van der Waals surface area contributed by atoms with Gasteiger partial charge in [-0.1, -0.05) is 38.8 Å². The highest BCUT2D eigenvalue weighted by Gasteiger charge is 2.42. The first-order valence-electron chi connectivity index (χ1n) is 13.3. The van der Waals surface area contributed by atoms with Gasteiger partial charge in [-0.3, -0.25) is 0 Å². The number of hydrogen-bond donors (Lipinski definition) is 2. The van der Waals surface area contributed by atoms with E-state index in [9.17, 15) is 28.8 Å². The minimum atomic E-state index is -0.592. The number of rotatable bonds is 22. The van der Waals surface area contributed by atoms with Gasteiger partial charge in [0.05, 0.1) is 0 Å². The molecule has 1 heterocycles. The predicted molar refractivity (Wildman–Crippen MR) is 142 cm³/mol. The first-order chi connectivity index (χ1) is 19.3. The average molecular weight is 569 g/mol. The summed E-state index contributed by atoms with van der Waals surface area (Å²) in [4.78, 5) is 71.6. The van der Waals surface area contributed by atoms with E-state index >= 15 is 0 Å². The van der Waals surface area contributed by atoms with Crippen molar-refractivity contribution < 1.29 is 47.7 Å². The normalized spacial score (nSPS) is 12.2. The molecule has 2 N–H and O–H groups in total. The van der Waals surface area contributed by atoms with Crippen molar-refractivity contribution >= 4 is 36.2 Å². The molecule has 0 spiro atoms. The lowest BCUT2D eigenvalue weighted by Crippen LogP contribution is -2.64. The summed E-state index contributed by atoms with van der Waals surface area (Å²) in [6.45, 7) is 7.93. The number of esters is 2. The number of carbonyl (C=O) groups is 6. The molecule has 14 heteroatoms. The number of carbonyl (C=O) groups excluding carboxylic acids is 6. The summed E-state index contributed by atoms with van der Waals surface area (Å²) in [6, 6.07) is -0.562. The van der Waals surface area contributed by atoms with Crippen LogP contribution in [-0.4, -0.2) is 98.6 Å². The standard InChI is InChI=1S/C26H40N4O10/c1-3-21(31)37-17-19-39-23(33)27-13-9-5-7-11-15-29-25(35)30(26(29)36)16-12-8-6-10-14-28-24(34)40-20-18-38-22(32)4-2/h3-4H,1-2,5-20H2,(H,27,33)(H,28,34). The first kappa shape index (κ1) is 33.9. The van der Waals surface area contributed by atoms with Crippen LogP contribution in [0.15, 0.2) is 25.3 Å². The van der Waals surface area contributed by atoms with E-state index in [1.165, 1.54) is 9.80 Å². The Balaban J connectivity index is 1.95. The largest absolute Gasteiger partial charge is 0.459 e. The number of nitrogens with zero attached hydrogens (tertiary/aromatic N) is 2. The van der Waals surface area contributed by atoms with Crippen molar-refractivity contribution in [3.05, 3.63) is 25.3 Å². The SMILES string of the molecule is C=CC(=O)OCCOC(=O)NCCCCCCN1C(=O)N(CCCCCCNC(=O)OCCOC(=O)C=C)C1=O. The Labute approximate surface area is 234 Å². The summed E-state index contributed by atoms with van der Waals surface area (Å²) in [5.74, 6) is -1.16. The van der Waals surface area contributed by atoms with Gasteiger partial charge in [-0.2, -0.15) is 0 Å². The number of urea groups is 2. The van der Waals surface area contributed by atoms with Crippen LogP contribution in [0.4, 0.5) is 19.2 Å². The van der Waals surface area contributed by atoms with E-state index in [0.29, 0.717) is 39.0 Å². The van der Waals surface area contributed by atoms with Crippen LogP contribution in [0, 0.1) is 0 Å². The van der Waals surface area contributed by atoms with Crippen molar-refractivity contribution in [2.24, 2.45) is 0 Å². The lowest BCUT2D eigenvalue weighted by atomic mass is 10.1. The molecule has 0 atom stereocenters. The molecule has 0 unspecified atom stereocenters. The zero-order valence-electron chi connectivity index (χ0n) is 22.9. The number of imide groups is 2. The van der Waals surface area contributed by atoms with Gasteiger partial charge >= 0.3 is 36.2 Å². The molecule has 0 aromatic heterocycles. The molecule has 14 nitrogen and oxygen atoms in total. The maximum Gasteiger partial charge on any atom is 0.407 e. The van der Waals surface area contributed by atoms with Gasteiger partial charge in [0.15, 0.2) is 0 Å². The average Bonchev–Trinajstić information content (AvgIpc) is 2.95. The second kappa shape index (κ2) is 20.8. The van der Waals surface area contributed by atoms with Crippen LogP contribution in [0.5, 0.6) is 0 Å². The van der Waals surface area contributed by atoms with Crippen molar-refractivity contribution in [3.63, 3.8) is 0 Å². The van der Waals surface area contributed by atoms with Gasteiger partial charge in [0.25, 0.3) is 0 Å². The second-order valence-corrected chi connectivity index (χ2v) is 8.57. The van der Waals surface area contributed by atoms with Crippen LogP contribution in [-0.2, 0) is 28.5 Å². The maximum absolute atomic E-state index is 12.2. The smallest absolute Gasteiger partial charge is 0.407 e. The fourth-order valence-corrected chi connectivity index (χ4v) is 3.44. The van der Waals surface area contributed by atoms with Gasteiger partial charge in [-0.25, -0.2) is 38.6 Å². The number of nitrogens with one attached hydrogen (secondary N) is 2. The monoisotopic (exact) mass is 568 g/mol. The van der Waals surface area contributed by atoms with Crippen molar-refractivity contribution in [3.8, 4) is 0 Å². The molecule has 40 heavy (non-hydrogen) atoms. The highest BCUT2D eigenvalue weighted by molar-refractivity contribution is 6.11. The van der Waals surface area contributed by atoms with Crippen LogP contribution in [0.1, 0.15) is 51.4 Å². The molecular weight excluding hydrogens is 528 g/mol. The fraction of sp³-hybridized carbons (Fsp3) is 0.615. The molecule has 0 bridgehead atoms. The third kappa shape index (κ3) is 14.7. The minimum absolute atomic E-state index is 0.0397. The van der Waals surface area contributed by atoms with Crippen molar-refractivity contribution in [1.29, 1.82) is 0 Å². The fourth-order valence-electron chi connectivity index (χ4n) is 3.44. The first-order valence-corrected chi connectivity index (χ1v) is 13.3. The van der Waals surface area contributed by atoms with Crippen LogP contribution in [0.3, 0.4) is 0 Å². The summed E-state index contributed by atoms with van der Waals surface area (Å²) in [7, 11) is 0. The van der Waals surface area contributed by atoms with Gasteiger partial charge in [0, 0.05) is 38.3 Å². The quantitative estimate of drug-likeness (QED) is 0.0857. The molecular formula is C26H40N4O10. The Morgan fingerprint density at radius 1 is 0.575 bits per heavy atom. The Bertz CT molecular complexity index is 798. The molecule has 1 saturated heterocycles. The summed E-state index contributed by atoms with van der Waals surface area (Å²) in [5, 5.41) is 5.19. The Morgan fingerprint density at radius 3 is 1.30 bits per heavy atom. The van der Waals surface area contributed by atoms with Crippen LogP contribution in [0.2, 0.25) is 0 Å². The van der Waals surface area contributed by atoms with E-state index < -0.39 is 24.1 Å². The van der Waals surface area contributed by atoms with Crippen LogP contribution >= 0.6 is 0 Å². The van der Waals surface area contributed by atoms with Crippen molar-refractivity contribution in [1.82, 2.24) is 20.4 Å². The Hall–Kier alpha value is -4.10. The number of alkyl carbamates (subject to hydrolysis) is 2. The zero-order valence-corrected chi connectivity index (χ0v) is 22.9. The van der Waals surface area contributed by atoms with Gasteiger partial charge in [-0.15, -0.1) is 0 Å². The van der Waals surface area contributed by atoms with Crippen LogP contribution in [0.25, 0.3) is 0 Å². The molecule has 0 saturated carbocycles. The second-order valence-electron chi connectivity index (χ2n) is 8.57. The summed E-state index contributed by atoms with van der Waals surface area (Å²) in [6.07, 6.45) is 6.90. The number of ether oxygens (including phenoxy) is 4. The molecule has 0 aromatic carbocycles. The Morgan fingerprint density at radius 2 is 0.925 bits per heavy atom. The van der Waals surface area contributed by atoms with Gasteiger partial charge in [0.1, 0.15) is 26.4 Å². The summed E-state index contributed by atoms with van der Waals surface area (Å²) in [5.41, 5.74) is 0. The topological polar surface area (TPSA) is 170 Å². The number of amides is 6. The third-order valence-electron chi connectivity index (χ3n) is 5.53. The summed E-state index contributed by atoms with van der Waals surface area (Å²) >= 11 is 0. The molecule has 1 aliphatic rings. The highest BCUT2D eigenvalue weighted by Crippen LogP contribution is 2.18. The highest BCUT2D eigenvalue weighted by atomic mass is 16.6. The van der Waals surface area contributed by atoms with E-state index in [-0.39, 0.29) is 38.5 Å². The molecule has 224 valence electrons. The van der Waals surface area contributed by atoms with Crippen molar-refractivity contribution in [2.75, 3.05) is 52.6 Å². The molecule has 1 fully saturated rings. The Kier molecular flexibility index (Phi) is 17.7. The summed E-state index contributed by atoms with van der Waals surface area (Å²) < 4.78 is 19.1. The van der Waals surface area contributed by atoms with E-state index in [1.54, 1.807) is 0 Å². The van der Waals surface area contributed by atoms with Crippen LogP contribution < -0.4 is 10.6 Å². The maximum atomic E-state index is 12.2. The minimum Gasteiger partial charge on any atom is -0.459 e. The number of hydrogen-bond acceptors (Lipinski definition) is 10. The van der Waals surface area contributed by atoms with Gasteiger partial charge in [-0.05, 0) is 25.7 Å². The molecule has 1 aliphatic heterocycles. The lowest BCUT2D eigenvalue weighted by molar-refractivity contribution is -0.139. The van der Waals surface area contributed by atoms with E-state index in [0.717, 1.165) is 50.7 Å². The molecule has 0 aromatic rings. The predicted octanol–water partition coefficient (Wildman–Crippen LogP) is 2.88. The number of unbranched alkanes of at least 4 members (excludes halogenated alkanes) is 6. The van der Waals surface area contributed by atoms with E-state index in [1.807, 2.05) is 0 Å². The van der Waals surface area contributed by atoms with Crippen molar-refractivity contribution in [2.45, 2.75) is 51.4 Å². The van der Waals surface area contributed by atoms with Gasteiger partial charge in [0.2, 0.25) is 0 Å². The molecule has 0 aliphatic carbocycles. The third-order valence-corrected chi connectivity index (χ3v) is 5.53. The van der Waals surface area contributed by atoms with E-state index in [4.69, 9.17) is 9.47 Å². The van der Waals surface area contributed by atoms with E-state index in [2.05, 4.69) is 33.3 Å². The molecule has 6 amide bonds. The zero-order chi connectivity index (χ0) is 29.6. The van der Waals surface area contributed by atoms with Gasteiger partial charge < -0.3 is 29.6 Å². The lowest BCUT2D eigenvalue weighted by Gasteiger charge is -2.39.